The van der Waals surface area contributed by atoms with E-state index in [1.165, 1.54) is 0 Å². The van der Waals surface area contributed by atoms with Crippen LogP contribution >= 0.6 is 0 Å². The first-order chi connectivity index (χ1) is 7.90. The third kappa shape index (κ3) is 2.54. The van der Waals surface area contributed by atoms with Gasteiger partial charge >= 0.3 is 0 Å². The Hall–Kier alpha value is -1.96. The van der Waals surface area contributed by atoms with Crippen LogP contribution < -0.4 is 10.1 Å². The van der Waals surface area contributed by atoms with Crippen LogP contribution in [0.5, 0.6) is 5.75 Å². The maximum Gasteiger partial charge on any atom is 0.123 e. The summed E-state index contributed by atoms with van der Waals surface area (Å²) in [7, 11) is 1.70. The van der Waals surface area contributed by atoms with Crippen molar-refractivity contribution in [2.24, 2.45) is 0 Å². The van der Waals surface area contributed by atoms with Gasteiger partial charge in [-0.3, -0.25) is 0 Å². The molecule has 0 aliphatic rings. The third-order valence-electron chi connectivity index (χ3n) is 2.45. The van der Waals surface area contributed by atoms with Crippen molar-refractivity contribution in [3.63, 3.8) is 0 Å². The van der Waals surface area contributed by atoms with Crippen LogP contribution in [0.25, 0.3) is 0 Å². The second-order valence-electron chi connectivity index (χ2n) is 3.53. The molecule has 0 spiro atoms. The van der Waals surface area contributed by atoms with Crippen molar-refractivity contribution < 1.29 is 4.74 Å². The van der Waals surface area contributed by atoms with Gasteiger partial charge in [-0.2, -0.15) is 0 Å². The van der Waals surface area contributed by atoms with E-state index < -0.39 is 0 Å². The zero-order valence-corrected chi connectivity index (χ0v) is 9.31. The van der Waals surface area contributed by atoms with Crippen molar-refractivity contribution in [3.8, 4) is 5.75 Å². The Balaban J connectivity index is 2.05. The molecule has 2 nitrogen and oxygen atoms in total. The maximum absolute atomic E-state index is 5.29. The van der Waals surface area contributed by atoms with Crippen LogP contribution in [-0.2, 0) is 6.54 Å². The first-order valence-corrected chi connectivity index (χ1v) is 5.31. The van der Waals surface area contributed by atoms with Gasteiger partial charge in [0, 0.05) is 17.8 Å². The summed E-state index contributed by atoms with van der Waals surface area (Å²) in [4.78, 5) is 0. The predicted molar refractivity (Wildman–Crippen MR) is 66.8 cm³/mol. The third-order valence-corrected chi connectivity index (χ3v) is 2.45. The van der Waals surface area contributed by atoms with Gasteiger partial charge in [0.2, 0.25) is 0 Å². The quantitative estimate of drug-likeness (QED) is 0.841. The lowest BCUT2D eigenvalue weighted by Crippen LogP contribution is -2.01. The molecule has 1 N–H and O–H groups in total. The molecule has 0 aliphatic heterocycles. The summed E-state index contributed by atoms with van der Waals surface area (Å²) in [5.41, 5.74) is 2.28. The zero-order chi connectivity index (χ0) is 11.2. The maximum atomic E-state index is 5.29. The Morgan fingerprint density at radius 1 is 0.938 bits per heavy atom. The molecule has 0 aromatic heterocycles. The zero-order valence-electron chi connectivity index (χ0n) is 9.31. The van der Waals surface area contributed by atoms with Gasteiger partial charge in [0.1, 0.15) is 5.75 Å². The molecular weight excluding hydrogens is 198 g/mol. The smallest absolute Gasteiger partial charge is 0.123 e. The number of anilines is 1. The molecule has 0 unspecified atom stereocenters. The average Bonchev–Trinajstić information content (AvgIpc) is 2.38. The summed E-state index contributed by atoms with van der Waals surface area (Å²) in [5, 5.41) is 3.36. The number of hydrogen-bond donors (Lipinski definition) is 1. The largest absolute Gasteiger partial charge is 0.496 e. The lowest BCUT2D eigenvalue weighted by Gasteiger charge is -2.10. The van der Waals surface area contributed by atoms with Crippen LogP contribution in [0.3, 0.4) is 0 Å². The van der Waals surface area contributed by atoms with E-state index in [2.05, 4.69) is 23.5 Å². The van der Waals surface area contributed by atoms with Gasteiger partial charge in [-0.15, -0.1) is 0 Å². The van der Waals surface area contributed by atoms with Crippen LogP contribution in [0.15, 0.2) is 54.6 Å². The van der Waals surface area contributed by atoms with Crippen molar-refractivity contribution in [2.45, 2.75) is 6.54 Å². The summed E-state index contributed by atoms with van der Waals surface area (Å²) >= 11 is 0. The van der Waals surface area contributed by atoms with E-state index in [1.54, 1.807) is 7.11 Å². The Morgan fingerprint density at radius 3 is 2.38 bits per heavy atom. The van der Waals surface area contributed by atoms with Gasteiger partial charge in [-0.25, -0.2) is 0 Å². The van der Waals surface area contributed by atoms with Gasteiger partial charge < -0.3 is 10.1 Å². The van der Waals surface area contributed by atoms with E-state index in [0.717, 1.165) is 23.5 Å². The van der Waals surface area contributed by atoms with Crippen LogP contribution in [0.2, 0.25) is 0 Å². The number of nitrogens with one attached hydrogen (secondary N) is 1. The standard InChI is InChI=1S/C14H15NO/c1-16-14-10-6-5-7-12(14)11-15-13-8-3-2-4-9-13/h2-10,15H,11H2,1H3. The van der Waals surface area contributed by atoms with Crippen molar-refractivity contribution in [1.29, 1.82) is 0 Å². The minimum absolute atomic E-state index is 0.772. The monoisotopic (exact) mass is 213 g/mol. The molecule has 82 valence electrons. The van der Waals surface area contributed by atoms with Crippen LogP contribution in [0.1, 0.15) is 5.56 Å². The van der Waals surface area contributed by atoms with Gasteiger partial charge in [0.25, 0.3) is 0 Å². The number of ether oxygens (including phenoxy) is 1. The molecular formula is C14H15NO. The SMILES string of the molecule is COc1ccccc1CNc1ccccc1. The molecule has 2 heteroatoms. The van der Waals surface area contributed by atoms with Crippen molar-refractivity contribution in [2.75, 3.05) is 12.4 Å². The summed E-state index contributed by atoms with van der Waals surface area (Å²) in [6, 6.07) is 18.2. The molecule has 0 saturated heterocycles. The molecule has 0 aliphatic carbocycles. The Bertz CT molecular complexity index is 439. The molecule has 0 bridgehead atoms. The summed E-state index contributed by atoms with van der Waals surface area (Å²) in [5.74, 6) is 0.922. The van der Waals surface area contributed by atoms with Gasteiger partial charge in [0.15, 0.2) is 0 Å². The lowest BCUT2D eigenvalue weighted by molar-refractivity contribution is 0.410. The molecule has 16 heavy (non-hydrogen) atoms. The lowest BCUT2D eigenvalue weighted by atomic mass is 10.2. The molecule has 0 radical (unpaired) electrons. The summed E-state index contributed by atoms with van der Waals surface area (Å²) in [6.07, 6.45) is 0. The second-order valence-corrected chi connectivity index (χ2v) is 3.53. The second kappa shape index (κ2) is 5.21. The van der Waals surface area contributed by atoms with Crippen molar-refractivity contribution >= 4 is 5.69 Å². The summed E-state index contributed by atoms with van der Waals surface area (Å²) < 4.78 is 5.29. The molecule has 0 amide bonds. The Morgan fingerprint density at radius 2 is 1.62 bits per heavy atom. The minimum Gasteiger partial charge on any atom is -0.496 e. The highest BCUT2D eigenvalue weighted by molar-refractivity contribution is 5.44. The highest BCUT2D eigenvalue weighted by Crippen LogP contribution is 2.18. The van der Waals surface area contributed by atoms with Crippen molar-refractivity contribution in [1.82, 2.24) is 0 Å². The fourth-order valence-electron chi connectivity index (χ4n) is 1.60. The van der Waals surface area contributed by atoms with E-state index in [9.17, 15) is 0 Å². The number of rotatable bonds is 4. The molecule has 2 aromatic carbocycles. The first kappa shape index (κ1) is 10.6. The van der Waals surface area contributed by atoms with Crippen molar-refractivity contribution in [3.05, 3.63) is 60.2 Å². The number of para-hydroxylation sites is 2. The number of hydrogen-bond acceptors (Lipinski definition) is 2. The highest BCUT2D eigenvalue weighted by atomic mass is 16.5. The van der Waals surface area contributed by atoms with Crippen LogP contribution in [0.4, 0.5) is 5.69 Å². The molecule has 2 rings (SSSR count). The van der Waals surface area contributed by atoms with Crippen LogP contribution in [0, 0.1) is 0 Å². The van der Waals surface area contributed by atoms with E-state index in [4.69, 9.17) is 4.74 Å². The molecule has 2 aromatic rings. The molecule has 0 fully saturated rings. The van der Waals surface area contributed by atoms with E-state index in [0.29, 0.717) is 0 Å². The molecule has 0 heterocycles. The minimum atomic E-state index is 0.772. The highest BCUT2D eigenvalue weighted by Gasteiger charge is 2.00. The molecule has 0 atom stereocenters. The topological polar surface area (TPSA) is 21.3 Å². The fourth-order valence-corrected chi connectivity index (χ4v) is 1.60. The summed E-state index contributed by atoms with van der Waals surface area (Å²) in [6.45, 7) is 0.772. The average molecular weight is 213 g/mol. The van der Waals surface area contributed by atoms with Crippen LogP contribution in [-0.4, -0.2) is 7.11 Å². The number of benzene rings is 2. The number of methoxy groups -OCH3 is 1. The normalized spacial score (nSPS) is 9.81. The first-order valence-electron chi connectivity index (χ1n) is 5.31. The molecule has 0 saturated carbocycles. The Kier molecular flexibility index (Phi) is 3.44. The van der Waals surface area contributed by atoms with Gasteiger partial charge in [0.05, 0.1) is 7.11 Å². The van der Waals surface area contributed by atoms with E-state index in [1.807, 2.05) is 36.4 Å². The van der Waals surface area contributed by atoms with Gasteiger partial charge in [-0.1, -0.05) is 36.4 Å². The fraction of sp³-hybridized carbons (Fsp3) is 0.143. The van der Waals surface area contributed by atoms with Gasteiger partial charge in [-0.05, 0) is 18.2 Å². The predicted octanol–water partition coefficient (Wildman–Crippen LogP) is 3.31. The van der Waals surface area contributed by atoms with E-state index >= 15 is 0 Å². The van der Waals surface area contributed by atoms with E-state index in [-0.39, 0.29) is 0 Å². The Labute approximate surface area is 95.9 Å².